The first kappa shape index (κ1) is 14.4. The van der Waals surface area contributed by atoms with Crippen LogP contribution in [0.2, 0.25) is 0 Å². The summed E-state index contributed by atoms with van der Waals surface area (Å²) in [5, 5.41) is 17.6. The van der Waals surface area contributed by atoms with E-state index in [1.165, 1.54) is 17.3 Å². The second-order valence-corrected chi connectivity index (χ2v) is 3.97. The number of aliphatic imine (C=N–C) groups is 1. The summed E-state index contributed by atoms with van der Waals surface area (Å²) in [6, 6.07) is 9.81. The minimum Gasteiger partial charge on any atom is -0.364 e. The van der Waals surface area contributed by atoms with Crippen molar-refractivity contribution in [3.05, 3.63) is 53.7 Å². The molecule has 6 nitrogen and oxygen atoms in total. The van der Waals surface area contributed by atoms with Crippen molar-refractivity contribution in [1.82, 2.24) is 10.2 Å². The zero-order valence-corrected chi connectivity index (χ0v) is 11.1. The van der Waals surface area contributed by atoms with Gasteiger partial charge in [0.2, 0.25) is 0 Å². The Bertz CT molecular complexity index is 675. The Hall–Kier alpha value is -3.01. The lowest BCUT2D eigenvalue weighted by Gasteiger charge is -2.19. The molecule has 0 bridgehead atoms. The lowest BCUT2D eigenvalue weighted by molar-refractivity contribution is 0.404. The van der Waals surface area contributed by atoms with Gasteiger partial charge in [-0.25, -0.2) is 14.4 Å². The zero-order valence-electron chi connectivity index (χ0n) is 11.1. The van der Waals surface area contributed by atoms with E-state index < -0.39 is 0 Å². The third-order valence-corrected chi connectivity index (χ3v) is 2.66. The zero-order chi connectivity index (χ0) is 15.1. The van der Waals surface area contributed by atoms with Gasteiger partial charge in [-0.2, -0.15) is 10.4 Å². The van der Waals surface area contributed by atoms with Crippen molar-refractivity contribution in [3.63, 3.8) is 0 Å². The summed E-state index contributed by atoms with van der Waals surface area (Å²) in [6.45, 7) is 3.50. The number of benzene rings is 1. The fourth-order valence-corrected chi connectivity index (χ4v) is 1.71. The highest BCUT2D eigenvalue weighted by molar-refractivity contribution is 5.96. The van der Waals surface area contributed by atoms with Gasteiger partial charge in [0.05, 0.1) is 12.6 Å². The summed E-state index contributed by atoms with van der Waals surface area (Å²) in [5.74, 6) is -0.0607. The van der Waals surface area contributed by atoms with Crippen LogP contribution in [0.25, 0.3) is 0 Å². The van der Waals surface area contributed by atoms with Crippen LogP contribution < -0.4 is 0 Å². The highest BCUT2D eigenvalue weighted by Gasteiger charge is 2.17. The van der Waals surface area contributed by atoms with Crippen LogP contribution in [-0.2, 0) is 6.54 Å². The topological polar surface area (TPSA) is 77.8 Å². The molecule has 0 aliphatic carbocycles. The number of aromatic nitrogens is 1. The molecule has 1 heterocycles. The van der Waals surface area contributed by atoms with Crippen molar-refractivity contribution in [2.24, 2.45) is 10.1 Å². The largest absolute Gasteiger partial charge is 0.364 e. The van der Waals surface area contributed by atoms with E-state index in [-0.39, 0.29) is 18.9 Å². The van der Waals surface area contributed by atoms with Gasteiger partial charge in [-0.1, -0.05) is 23.4 Å². The Labute approximate surface area is 120 Å². The number of nitrogens with zero attached hydrogens (tertiary/aromatic N) is 5. The van der Waals surface area contributed by atoms with E-state index in [9.17, 15) is 4.39 Å². The molecular weight excluding hydrogens is 273 g/mol. The first-order valence-corrected chi connectivity index (χ1v) is 6.06. The second kappa shape index (κ2) is 6.96. The number of amidine groups is 1. The fraction of sp³-hybridized carbons (Fsp3) is 0.143. The fourth-order valence-electron chi connectivity index (χ4n) is 1.71. The van der Waals surface area contributed by atoms with Crippen LogP contribution in [0.1, 0.15) is 11.3 Å². The maximum Gasteiger partial charge on any atom is 0.175 e. The van der Waals surface area contributed by atoms with Crippen LogP contribution in [0.15, 0.2) is 51.2 Å². The first-order chi connectivity index (χ1) is 10.3. The predicted octanol–water partition coefficient (Wildman–Crippen LogP) is 2.20. The molecule has 0 N–H and O–H groups in total. The Kier molecular flexibility index (Phi) is 4.77. The maximum atomic E-state index is 13.7. The lowest BCUT2D eigenvalue weighted by Crippen LogP contribution is -2.27. The SMILES string of the molecule is C=NN(Cc1ccccc1F)C(=NCC#N)c1ccon1. The lowest BCUT2D eigenvalue weighted by atomic mass is 10.2. The molecule has 1 aromatic heterocycles. The van der Waals surface area contributed by atoms with Crippen molar-refractivity contribution in [3.8, 4) is 6.07 Å². The summed E-state index contributed by atoms with van der Waals surface area (Å²) in [5.41, 5.74) is 0.826. The van der Waals surface area contributed by atoms with Crippen molar-refractivity contribution in [1.29, 1.82) is 5.26 Å². The normalized spacial score (nSPS) is 11.0. The number of nitriles is 1. The molecule has 0 saturated carbocycles. The van der Waals surface area contributed by atoms with Crippen molar-refractivity contribution < 1.29 is 8.91 Å². The number of hydrogen-bond acceptors (Lipinski definition) is 5. The molecule has 0 aliphatic rings. The second-order valence-electron chi connectivity index (χ2n) is 3.97. The van der Waals surface area contributed by atoms with Crippen molar-refractivity contribution >= 4 is 12.6 Å². The van der Waals surface area contributed by atoms with Crippen LogP contribution in [0.3, 0.4) is 0 Å². The average molecular weight is 285 g/mol. The minimum absolute atomic E-state index is 0.0779. The molecule has 0 radical (unpaired) electrons. The molecule has 21 heavy (non-hydrogen) atoms. The summed E-state index contributed by atoms with van der Waals surface area (Å²) in [4.78, 5) is 4.08. The molecule has 0 fully saturated rings. The number of hydrogen-bond donors (Lipinski definition) is 0. The molecular formula is C14H12FN5O. The van der Waals surface area contributed by atoms with Crippen LogP contribution in [0.4, 0.5) is 4.39 Å². The van der Waals surface area contributed by atoms with Crippen LogP contribution >= 0.6 is 0 Å². The molecule has 0 spiro atoms. The van der Waals surface area contributed by atoms with E-state index in [0.29, 0.717) is 17.1 Å². The monoisotopic (exact) mass is 285 g/mol. The smallest absolute Gasteiger partial charge is 0.175 e. The summed E-state index contributed by atoms with van der Waals surface area (Å²) >= 11 is 0. The van der Waals surface area contributed by atoms with E-state index in [2.05, 4.69) is 22.0 Å². The highest BCUT2D eigenvalue weighted by atomic mass is 19.1. The number of halogens is 1. The van der Waals surface area contributed by atoms with Gasteiger partial charge < -0.3 is 4.52 Å². The van der Waals surface area contributed by atoms with E-state index in [4.69, 9.17) is 9.78 Å². The molecule has 2 aromatic rings. The van der Waals surface area contributed by atoms with Gasteiger partial charge in [-0.15, -0.1) is 0 Å². The van der Waals surface area contributed by atoms with E-state index in [0.717, 1.165) is 0 Å². The Balaban J connectivity index is 2.31. The predicted molar refractivity (Wildman–Crippen MR) is 75.0 cm³/mol. The Morgan fingerprint density at radius 3 is 2.86 bits per heavy atom. The molecule has 1 aromatic carbocycles. The number of rotatable bonds is 5. The third kappa shape index (κ3) is 3.51. The quantitative estimate of drug-likeness (QED) is 0.365. The van der Waals surface area contributed by atoms with Gasteiger partial charge in [-0.3, -0.25) is 0 Å². The molecule has 0 unspecified atom stereocenters. The van der Waals surface area contributed by atoms with Gasteiger partial charge in [0.25, 0.3) is 0 Å². The van der Waals surface area contributed by atoms with Crippen molar-refractivity contribution in [2.75, 3.05) is 6.54 Å². The molecule has 7 heteroatoms. The van der Waals surface area contributed by atoms with Crippen molar-refractivity contribution in [2.45, 2.75) is 6.54 Å². The molecule has 0 aliphatic heterocycles. The maximum absolute atomic E-state index is 13.7. The van der Waals surface area contributed by atoms with Gasteiger partial charge in [0.15, 0.2) is 11.5 Å². The minimum atomic E-state index is -0.356. The van der Waals surface area contributed by atoms with E-state index >= 15 is 0 Å². The summed E-state index contributed by atoms with van der Waals surface area (Å²) in [7, 11) is 0. The van der Waals surface area contributed by atoms with Gasteiger partial charge in [0.1, 0.15) is 18.6 Å². The Morgan fingerprint density at radius 2 is 2.24 bits per heavy atom. The molecule has 0 saturated heterocycles. The summed E-state index contributed by atoms with van der Waals surface area (Å²) in [6.07, 6.45) is 1.38. The van der Waals surface area contributed by atoms with Gasteiger partial charge in [0, 0.05) is 18.3 Å². The van der Waals surface area contributed by atoms with Gasteiger partial charge >= 0.3 is 0 Å². The highest BCUT2D eigenvalue weighted by Crippen LogP contribution is 2.13. The van der Waals surface area contributed by atoms with Gasteiger partial charge in [-0.05, 0) is 6.07 Å². The van der Waals surface area contributed by atoms with Crippen LogP contribution in [-0.4, -0.2) is 29.3 Å². The molecule has 0 amide bonds. The van der Waals surface area contributed by atoms with E-state index in [1.807, 2.05) is 6.07 Å². The molecule has 106 valence electrons. The van der Waals surface area contributed by atoms with Crippen LogP contribution in [0, 0.1) is 17.1 Å². The summed E-state index contributed by atoms with van der Waals surface area (Å²) < 4.78 is 18.5. The van der Waals surface area contributed by atoms with E-state index in [1.54, 1.807) is 24.3 Å². The molecule has 0 atom stereocenters. The van der Waals surface area contributed by atoms with Crippen LogP contribution in [0.5, 0.6) is 0 Å². The third-order valence-electron chi connectivity index (χ3n) is 2.66. The number of hydrazone groups is 1. The average Bonchev–Trinajstić information content (AvgIpc) is 3.02. The molecule has 2 rings (SSSR count). The Morgan fingerprint density at radius 1 is 1.43 bits per heavy atom. The standard InChI is InChI=1S/C14H12FN5O/c1-17-20(10-11-4-2-3-5-12(11)15)14(18-8-7-16)13-6-9-21-19-13/h2-6,9H,1,8,10H2. The first-order valence-electron chi connectivity index (χ1n) is 6.06.